The lowest BCUT2D eigenvalue weighted by molar-refractivity contribution is 0.0725. The summed E-state index contributed by atoms with van der Waals surface area (Å²) in [5.41, 5.74) is 4.75. The summed E-state index contributed by atoms with van der Waals surface area (Å²) in [6.07, 6.45) is 0. The van der Waals surface area contributed by atoms with E-state index in [9.17, 15) is 9.59 Å². The molecule has 0 N–H and O–H groups in total. The second-order valence-corrected chi connectivity index (χ2v) is 11.7. The second-order valence-electron chi connectivity index (χ2n) is 11.7. The minimum Gasteiger partial charge on any atom is -0.497 e. The molecular weight excluding hydrogens is 548 g/mol. The van der Waals surface area contributed by atoms with Gasteiger partial charge in [-0.2, -0.15) is 0 Å². The van der Waals surface area contributed by atoms with Crippen LogP contribution in [0.2, 0.25) is 0 Å². The van der Waals surface area contributed by atoms with Crippen molar-refractivity contribution < 1.29 is 23.8 Å². The standard InChI is InChI=1S/C39H36O5/c1-38(2,30-15-21-33(42-5)22-16-30)29-13-11-28(12-14-29)37(41)44-35-25-19-32(20-26-35)39(3,4)31-17-23-34(24-18-31)43-36(40)27-9-7-6-8-10-27/h6-26H,1-5H3. The third-order valence-electron chi connectivity index (χ3n) is 8.24. The largest absolute Gasteiger partial charge is 0.497 e. The van der Waals surface area contributed by atoms with Crippen molar-refractivity contribution in [3.05, 3.63) is 161 Å². The zero-order chi connectivity index (χ0) is 31.3. The quantitative estimate of drug-likeness (QED) is 0.128. The molecule has 0 unspecified atom stereocenters. The molecule has 5 heteroatoms. The van der Waals surface area contributed by atoms with E-state index < -0.39 is 11.9 Å². The maximum absolute atomic E-state index is 12.9. The number of esters is 2. The monoisotopic (exact) mass is 584 g/mol. The molecular formula is C39H36O5. The van der Waals surface area contributed by atoms with Gasteiger partial charge in [0.1, 0.15) is 17.2 Å². The van der Waals surface area contributed by atoms with E-state index in [1.807, 2.05) is 66.7 Å². The van der Waals surface area contributed by atoms with Crippen molar-refractivity contribution in [1.82, 2.24) is 0 Å². The summed E-state index contributed by atoms with van der Waals surface area (Å²) in [6.45, 7) is 8.54. The molecule has 0 spiro atoms. The lowest BCUT2D eigenvalue weighted by Crippen LogP contribution is -2.19. The molecule has 0 aliphatic carbocycles. The Labute approximate surface area is 259 Å². The Kier molecular flexibility index (Phi) is 8.68. The van der Waals surface area contributed by atoms with Crippen LogP contribution in [0.4, 0.5) is 0 Å². The molecule has 5 aromatic rings. The van der Waals surface area contributed by atoms with Gasteiger partial charge >= 0.3 is 11.9 Å². The van der Waals surface area contributed by atoms with Crippen molar-refractivity contribution >= 4 is 11.9 Å². The minimum atomic E-state index is -0.411. The fourth-order valence-corrected chi connectivity index (χ4v) is 5.15. The highest BCUT2D eigenvalue weighted by Gasteiger charge is 2.25. The molecule has 0 aromatic heterocycles. The van der Waals surface area contributed by atoms with Gasteiger partial charge in [-0.05, 0) is 82.9 Å². The Morgan fingerprint density at radius 1 is 0.432 bits per heavy atom. The van der Waals surface area contributed by atoms with E-state index in [0.29, 0.717) is 22.6 Å². The second kappa shape index (κ2) is 12.6. The average Bonchev–Trinajstić information content (AvgIpc) is 3.05. The normalized spacial score (nSPS) is 11.5. The maximum atomic E-state index is 12.9. The summed E-state index contributed by atoms with van der Waals surface area (Å²) in [4.78, 5) is 25.3. The number of hydrogen-bond acceptors (Lipinski definition) is 5. The van der Waals surface area contributed by atoms with Gasteiger partial charge < -0.3 is 14.2 Å². The van der Waals surface area contributed by atoms with Crippen LogP contribution < -0.4 is 14.2 Å². The van der Waals surface area contributed by atoms with Gasteiger partial charge in [0.2, 0.25) is 0 Å². The first kappa shape index (κ1) is 30.3. The van der Waals surface area contributed by atoms with Crippen molar-refractivity contribution in [2.75, 3.05) is 7.11 Å². The number of methoxy groups -OCH3 is 1. The molecule has 222 valence electrons. The van der Waals surface area contributed by atoms with Gasteiger partial charge in [-0.3, -0.25) is 0 Å². The van der Waals surface area contributed by atoms with Crippen LogP contribution in [0.5, 0.6) is 17.2 Å². The smallest absolute Gasteiger partial charge is 0.343 e. The lowest BCUT2D eigenvalue weighted by atomic mass is 9.78. The van der Waals surface area contributed by atoms with E-state index in [1.165, 1.54) is 0 Å². The van der Waals surface area contributed by atoms with Gasteiger partial charge in [0.15, 0.2) is 0 Å². The van der Waals surface area contributed by atoms with Gasteiger partial charge in [-0.1, -0.05) is 94.4 Å². The first-order chi connectivity index (χ1) is 21.1. The maximum Gasteiger partial charge on any atom is 0.343 e. The fourth-order valence-electron chi connectivity index (χ4n) is 5.15. The summed E-state index contributed by atoms with van der Waals surface area (Å²) in [7, 11) is 1.66. The van der Waals surface area contributed by atoms with Crippen LogP contribution in [0.15, 0.2) is 127 Å². The molecule has 0 aliphatic heterocycles. The Morgan fingerprint density at radius 3 is 1.11 bits per heavy atom. The summed E-state index contributed by atoms with van der Waals surface area (Å²) in [5.74, 6) is 0.970. The molecule has 0 aliphatic rings. The lowest BCUT2D eigenvalue weighted by Gasteiger charge is -2.26. The van der Waals surface area contributed by atoms with Gasteiger partial charge in [0, 0.05) is 10.8 Å². The first-order valence-corrected chi connectivity index (χ1v) is 14.5. The highest BCUT2D eigenvalue weighted by atomic mass is 16.5. The Hall–Kier alpha value is -5.16. The molecule has 5 nitrogen and oxygen atoms in total. The summed E-state index contributed by atoms with van der Waals surface area (Å²) in [6, 6.07) is 39.6. The molecule has 0 saturated carbocycles. The number of carbonyl (C=O) groups is 2. The summed E-state index contributed by atoms with van der Waals surface area (Å²) < 4.78 is 16.5. The molecule has 44 heavy (non-hydrogen) atoms. The van der Waals surface area contributed by atoms with Crippen molar-refractivity contribution in [1.29, 1.82) is 0 Å². The van der Waals surface area contributed by atoms with Gasteiger partial charge in [-0.15, -0.1) is 0 Å². The number of rotatable bonds is 9. The van der Waals surface area contributed by atoms with Crippen LogP contribution >= 0.6 is 0 Å². The van der Waals surface area contributed by atoms with E-state index in [0.717, 1.165) is 28.0 Å². The molecule has 0 bridgehead atoms. The fraction of sp³-hybridized carbons (Fsp3) is 0.179. The molecule has 0 amide bonds. The van der Waals surface area contributed by atoms with E-state index in [4.69, 9.17) is 14.2 Å². The van der Waals surface area contributed by atoms with Crippen LogP contribution in [-0.4, -0.2) is 19.0 Å². The number of benzene rings is 5. The number of hydrogen-bond donors (Lipinski definition) is 0. The van der Waals surface area contributed by atoms with Crippen molar-refractivity contribution in [3.63, 3.8) is 0 Å². The Balaban J connectivity index is 1.22. The molecule has 0 radical (unpaired) electrons. The molecule has 0 saturated heterocycles. The van der Waals surface area contributed by atoms with Crippen molar-refractivity contribution in [2.45, 2.75) is 38.5 Å². The van der Waals surface area contributed by atoms with Crippen LogP contribution in [0, 0.1) is 0 Å². The molecule has 5 aromatic carbocycles. The van der Waals surface area contributed by atoms with E-state index in [2.05, 4.69) is 39.8 Å². The van der Waals surface area contributed by atoms with Crippen LogP contribution in [0.1, 0.15) is 70.7 Å². The molecule has 0 heterocycles. The highest BCUT2D eigenvalue weighted by Crippen LogP contribution is 2.35. The van der Waals surface area contributed by atoms with Crippen molar-refractivity contribution in [3.8, 4) is 17.2 Å². The third-order valence-corrected chi connectivity index (χ3v) is 8.24. The molecule has 0 atom stereocenters. The van der Waals surface area contributed by atoms with E-state index >= 15 is 0 Å². The number of ether oxygens (including phenoxy) is 3. The van der Waals surface area contributed by atoms with E-state index in [-0.39, 0.29) is 10.8 Å². The summed E-state index contributed by atoms with van der Waals surface area (Å²) in [5, 5.41) is 0. The SMILES string of the molecule is COc1ccc(C(C)(C)c2ccc(C(=O)Oc3ccc(C(C)(C)c4ccc(OC(=O)c5ccccc5)cc4)cc3)cc2)cc1. The first-order valence-electron chi connectivity index (χ1n) is 14.5. The van der Waals surface area contributed by atoms with E-state index in [1.54, 1.807) is 55.6 Å². The van der Waals surface area contributed by atoms with Crippen LogP contribution in [0.25, 0.3) is 0 Å². The van der Waals surface area contributed by atoms with Gasteiger partial charge in [0.05, 0.1) is 18.2 Å². The topological polar surface area (TPSA) is 61.8 Å². The highest BCUT2D eigenvalue weighted by molar-refractivity contribution is 5.91. The predicted octanol–water partition coefficient (Wildman–Crippen LogP) is 8.79. The zero-order valence-corrected chi connectivity index (χ0v) is 25.7. The molecule has 5 rings (SSSR count). The third kappa shape index (κ3) is 6.57. The van der Waals surface area contributed by atoms with Crippen LogP contribution in [-0.2, 0) is 10.8 Å². The Morgan fingerprint density at radius 2 is 0.750 bits per heavy atom. The number of carbonyl (C=O) groups excluding carboxylic acids is 2. The zero-order valence-electron chi connectivity index (χ0n) is 25.7. The average molecular weight is 585 g/mol. The minimum absolute atomic E-state index is 0.246. The van der Waals surface area contributed by atoms with Gasteiger partial charge in [0.25, 0.3) is 0 Å². The molecule has 0 fully saturated rings. The predicted molar refractivity (Wildman–Crippen MR) is 173 cm³/mol. The van der Waals surface area contributed by atoms with Gasteiger partial charge in [-0.25, -0.2) is 9.59 Å². The summed E-state index contributed by atoms with van der Waals surface area (Å²) >= 11 is 0. The van der Waals surface area contributed by atoms with Crippen LogP contribution in [0.3, 0.4) is 0 Å². The Bertz CT molecular complexity index is 1720. The van der Waals surface area contributed by atoms with Crippen molar-refractivity contribution in [2.24, 2.45) is 0 Å².